The molecule has 2 heterocycles. The Bertz CT molecular complexity index is 794. The summed E-state index contributed by atoms with van der Waals surface area (Å²) in [6.45, 7) is 8.34. The maximum Gasteiger partial charge on any atom is 4.00 e. The van der Waals surface area contributed by atoms with Gasteiger partial charge in [0.15, 0.2) is 0 Å². The van der Waals surface area contributed by atoms with Gasteiger partial charge in [0.25, 0.3) is 0 Å². The van der Waals surface area contributed by atoms with Crippen LogP contribution in [0.25, 0.3) is 22.2 Å². The molecule has 3 rings (SSSR count). The Morgan fingerprint density at radius 3 is 1.65 bits per heavy atom. The smallest absolute Gasteiger partial charge is 0.814 e. The maximum atomic E-state index is 7.44. The molecular formula is C25H32N5Ru+. The number of benzene rings is 1. The first-order chi connectivity index (χ1) is 14.4. The molecule has 164 valence electrons. The van der Waals surface area contributed by atoms with E-state index >= 15 is 0 Å². The van der Waals surface area contributed by atoms with Crippen LogP contribution in [0.4, 0.5) is 0 Å². The molecule has 0 unspecified atom stereocenters. The van der Waals surface area contributed by atoms with E-state index in [1.807, 2.05) is 36.4 Å². The molecule has 0 bridgehead atoms. The van der Waals surface area contributed by atoms with Crippen molar-refractivity contribution >= 4 is 12.4 Å². The summed E-state index contributed by atoms with van der Waals surface area (Å²) in [5.41, 5.74) is 5.77. The van der Waals surface area contributed by atoms with Gasteiger partial charge in [-0.2, -0.15) is 29.3 Å². The number of pyridine rings is 2. The molecule has 0 aliphatic heterocycles. The van der Waals surface area contributed by atoms with Crippen molar-refractivity contribution in [2.24, 2.45) is 0 Å². The Labute approximate surface area is 200 Å². The molecule has 0 amide bonds. The second kappa shape index (κ2) is 19.4. The van der Waals surface area contributed by atoms with Crippen LogP contribution in [0.15, 0.2) is 60.9 Å². The fraction of sp³-hybridized carbons (Fsp3) is 0.280. The van der Waals surface area contributed by atoms with Crippen LogP contribution in [-0.2, 0) is 26.0 Å². The van der Waals surface area contributed by atoms with E-state index in [-0.39, 0.29) is 19.5 Å². The van der Waals surface area contributed by atoms with E-state index in [0.29, 0.717) is 0 Å². The fourth-order valence-electron chi connectivity index (χ4n) is 2.19. The molecule has 0 aliphatic carbocycles. The van der Waals surface area contributed by atoms with Crippen LogP contribution < -0.4 is 0 Å². The molecule has 2 aromatic heterocycles. The molecular weight excluding hydrogens is 471 g/mol. The molecule has 6 heteroatoms. The van der Waals surface area contributed by atoms with Gasteiger partial charge in [-0.05, 0) is 38.4 Å². The van der Waals surface area contributed by atoms with Crippen LogP contribution in [0.3, 0.4) is 0 Å². The zero-order valence-electron chi connectivity index (χ0n) is 19.2. The Morgan fingerprint density at radius 1 is 0.871 bits per heavy atom. The quantitative estimate of drug-likeness (QED) is 0.265. The van der Waals surface area contributed by atoms with Crippen LogP contribution in [-0.4, -0.2) is 41.4 Å². The number of aryl methyl sites for hydroxylation is 2. The Balaban J connectivity index is 0. The third kappa shape index (κ3) is 15.0. The zero-order chi connectivity index (χ0) is 22.8. The van der Waals surface area contributed by atoms with Crippen molar-refractivity contribution in [1.29, 1.82) is 0 Å². The van der Waals surface area contributed by atoms with Gasteiger partial charge in [-0.15, -0.1) is 5.56 Å². The van der Waals surface area contributed by atoms with Crippen molar-refractivity contribution in [2.75, 3.05) is 14.1 Å². The summed E-state index contributed by atoms with van der Waals surface area (Å²) >= 11 is 0. The summed E-state index contributed by atoms with van der Waals surface area (Å²) in [7, 11) is 4.14. The van der Waals surface area contributed by atoms with Crippen LogP contribution >= 0.6 is 0 Å². The summed E-state index contributed by atoms with van der Waals surface area (Å²) in [5.74, 6) is 0. The Morgan fingerprint density at radius 2 is 1.32 bits per heavy atom. The standard InChI is InChI=1S/C11H16N.C10H8N2.2C2H4N.Ru/c1-9-5-6-11(7-10(9)2)8-12(3)4;1-3-7-11-9(5-1)10-6-2-4-8-12-10;2*1-2-3;/h5,7H,8H2,1-4H3;1-8H;2*2H,1H3;/q-1;;2*-1;+4. The molecule has 0 saturated carbocycles. The SMILES string of the molecule is CC=[N-].CC=[N-].Cc1c[c-]c(CN(C)C)cc1C.[Ru+4].c1ccc(-c2ccccn2)nc1. The molecule has 1 aromatic carbocycles. The van der Waals surface area contributed by atoms with Crippen molar-refractivity contribution in [2.45, 2.75) is 34.2 Å². The van der Waals surface area contributed by atoms with Gasteiger partial charge in [0.1, 0.15) is 0 Å². The summed E-state index contributed by atoms with van der Waals surface area (Å²) < 4.78 is 0. The number of aromatic nitrogens is 2. The van der Waals surface area contributed by atoms with Crippen molar-refractivity contribution in [3.63, 3.8) is 0 Å². The van der Waals surface area contributed by atoms with Crippen molar-refractivity contribution < 1.29 is 19.5 Å². The van der Waals surface area contributed by atoms with Gasteiger partial charge in [-0.1, -0.05) is 39.8 Å². The average molecular weight is 504 g/mol. The van der Waals surface area contributed by atoms with Crippen LogP contribution in [0.1, 0.15) is 30.5 Å². The molecule has 3 aromatic rings. The van der Waals surface area contributed by atoms with E-state index < -0.39 is 0 Å². The third-order valence-corrected chi connectivity index (χ3v) is 3.57. The van der Waals surface area contributed by atoms with E-state index in [1.165, 1.54) is 16.7 Å². The second-order valence-corrected chi connectivity index (χ2v) is 6.51. The fourth-order valence-corrected chi connectivity index (χ4v) is 2.19. The summed E-state index contributed by atoms with van der Waals surface area (Å²) in [4.78, 5) is 10.5. The average Bonchev–Trinajstić information content (AvgIpc) is 2.73. The second-order valence-electron chi connectivity index (χ2n) is 6.51. The van der Waals surface area contributed by atoms with E-state index in [1.54, 1.807) is 26.2 Å². The van der Waals surface area contributed by atoms with Crippen LogP contribution in [0, 0.1) is 19.9 Å². The molecule has 0 N–H and O–H groups in total. The van der Waals surface area contributed by atoms with Gasteiger partial charge in [0.05, 0.1) is 11.4 Å². The molecule has 0 radical (unpaired) electrons. The largest absolute Gasteiger partial charge is 4.00 e. The Hall–Kier alpha value is -2.56. The summed E-state index contributed by atoms with van der Waals surface area (Å²) in [6, 6.07) is 19.1. The van der Waals surface area contributed by atoms with Gasteiger partial charge in [0, 0.05) is 18.9 Å². The number of rotatable bonds is 3. The van der Waals surface area contributed by atoms with Crippen molar-refractivity contribution in [3.05, 3.63) is 94.5 Å². The minimum atomic E-state index is 0. The van der Waals surface area contributed by atoms with Gasteiger partial charge in [-0.25, -0.2) is 12.4 Å². The number of hydrogen-bond donors (Lipinski definition) is 0. The molecule has 0 aliphatic rings. The van der Waals surface area contributed by atoms with Crippen molar-refractivity contribution in [1.82, 2.24) is 14.9 Å². The van der Waals surface area contributed by atoms with Gasteiger partial charge >= 0.3 is 19.5 Å². The Kier molecular flexibility index (Phi) is 19.2. The monoisotopic (exact) mass is 504 g/mol. The normalized spacial score (nSPS) is 8.74. The van der Waals surface area contributed by atoms with Gasteiger partial charge in [-0.3, -0.25) is 9.97 Å². The molecule has 0 spiro atoms. The zero-order valence-corrected chi connectivity index (χ0v) is 21.0. The summed E-state index contributed by atoms with van der Waals surface area (Å²) in [5, 5.41) is 14.9. The molecule has 5 nitrogen and oxygen atoms in total. The number of nitrogens with zero attached hydrogens (tertiary/aromatic N) is 5. The maximum absolute atomic E-state index is 7.44. The van der Waals surface area contributed by atoms with Crippen molar-refractivity contribution in [3.8, 4) is 11.4 Å². The predicted octanol–water partition coefficient (Wildman–Crippen LogP) is 5.60. The van der Waals surface area contributed by atoms with Crippen LogP contribution in [0.5, 0.6) is 0 Å². The van der Waals surface area contributed by atoms with Crippen LogP contribution in [0.2, 0.25) is 0 Å². The molecule has 0 saturated heterocycles. The third-order valence-electron chi connectivity index (χ3n) is 3.57. The minimum Gasteiger partial charge on any atom is -0.814 e. The first-order valence-electron chi connectivity index (χ1n) is 9.68. The topological polar surface area (TPSA) is 73.6 Å². The number of hydrogen-bond acceptors (Lipinski definition) is 3. The minimum absolute atomic E-state index is 0. The first kappa shape index (κ1) is 30.6. The van der Waals surface area contributed by atoms with E-state index in [0.717, 1.165) is 30.4 Å². The van der Waals surface area contributed by atoms with E-state index in [2.05, 4.69) is 61.0 Å². The van der Waals surface area contributed by atoms with E-state index in [4.69, 9.17) is 10.8 Å². The molecule has 0 fully saturated rings. The molecule has 0 atom stereocenters. The van der Waals surface area contributed by atoms with Gasteiger partial charge in [0.2, 0.25) is 0 Å². The molecule has 31 heavy (non-hydrogen) atoms. The summed E-state index contributed by atoms with van der Waals surface area (Å²) in [6.07, 6.45) is 5.54. The predicted molar refractivity (Wildman–Crippen MR) is 130 cm³/mol. The van der Waals surface area contributed by atoms with Gasteiger partial charge < -0.3 is 15.7 Å². The van der Waals surface area contributed by atoms with E-state index in [9.17, 15) is 0 Å². The first-order valence-corrected chi connectivity index (χ1v) is 9.68.